The minimum atomic E-state index is -4.59. The van der Waals surface area contributed by atoms with Crippen LogP contribution in [0.5, 0.6) is 5.75 Å². The van der Waals surface area contributed by atoms with Crippen LogP contribution >= 0.6 is 0 Å². The highest BCUT2D eigenvalue weighted by atomic mass is 32.2. The lowest BCUT2D eigenvalue weighted by atomic mass is 9.96. The number of benzene rings is 3. The first-order valence-electron chi connectivity index (χ1n) is 9.45. The fourth-order valence-electron chi connectivity index (χ4n) is 4.12. The molecular formula is C22H18F3NO4S. The molecule has 1 N–H and O–H groups in total. The SMILES string of the molecule is COc1ccc(C(F)(F)F)c2c1[C@@H](C(=O)NS(=O)(=O)c1cccc3ccccc13)CC2. The third-order valence-electron chi connectivity index (χ3n) is 5.46. The van der Waals surface area contributed by atoms with Gasteiger partial charge in [0, 0.05) is 10.9 Å². The summed E-state index contributed by atoms with van der Waals surface area (Å²) in [6.45, 7) is 0. The predicted octanol–water partition coefficient (Wildman–Crippen LogP) is 4.40. The van der Waals surface area contributed by atoms with Crippen molar-refractivity contribution in [2.24, 2.45) is 0 Å². The monoisotopic (exact) mass is 449 g/mol. The molecule has 0 bridgehead atoms. The third-order valence-corrected chi connectivity index (χ3v) is 6.87. The number of amides is 1. The highest BCUT2D eigenvalue weighted by Crippen LogP contribution is 2.45. The number of nitrogens with one attached hydrogen (secondary N) is 1. The number of halogens is 3. The maximum atomic E-state index is 13.4. The molecule has 0 radical (unpaired) electrons. The zero-order valence-electron chi connectivity index (χ0n) is 16.4. The predicted molar refractivity (Wildman–Crippen MR) is 108 cm³/mol. The van der Waals surface area contributed by atoms with Crippen LogP contribution in [0, 0.1) is 0 Å². The van der Waals surface area contributed by atoms with Gasteiger partial charge >= 0.3 is 6.18 Å². The number of fused-ring (bicyclic) bond motifs is 2. The van der Waals surface area contributed by atoms with Gasteiger partial charge in [0.25, 0.3) is 10.0 Å². The molecular weight excluding hydrogens is 431 g/mol. The Hall–Kier alpha value is -3.07. The number of hydrogen-bond donors (Lipinski definition) is 1. The van der Waals surface area contributed by atoms with Gasteiger partial charge in [0.1, 0.15) is 5.75 Å². The normalized spacial score (nSPS) is 16.2. The molecule has 1 amide bonds. The number of sulfonamides is 1. The Bertz CT molecular complexity index is 1280. The van der Waals surface area contributed by atoms with E-state index in [4.69, 9.17) is 4.74 Å². The lowest BCUT2D eigenvalue weighted by Gasteiger charge is -2.18. The lowest BCUT2D eigenvalue weighted by molar-refractivity contribution is -0.138. The van der Waals surface area contributed by atoms with E-state index in [9.17, 15) is 26.4 Å². The molecule has 3 aromatic carbocycles. The van der Waals surface area contributed by atoms with Crippen molar-refractivity contribution in [3.8, 4) is 5.75 Å². The van der Waals surface area contributed by atoms with Crippen molar-refractivity contribution in [3.63, 3.8) is 0 Å². The Morgan fingerprint density at radius 3 is 2.48 bits per heavy atom. The molecule has 5 nitrogen and oxygen atoms in total. The number of methoxy groups -OCH3 is 1. The molecule has 162 valence electrons. The highest BCUT2D eigenvalue weighted by Gasteiger charge is 2.41. The summed E-state index contributed by atoms with van der Waals surface area (Å²) < 4.78 is 73.4. The number of alkyl halides is 3. The second-order valence-corrected chi connectivity index (χ2v) is 8.89. The zero-order valence-corrected chi connectivity index (χ0v) is 17.2. The summed E-state index contributed by atoms with van der Waals surface area (Å²) in [6.07, 6.45) is -4.54. The molecule has 0 saturated heterocycles. The number of rotatable bonds is 4. The van der Waals surface area contributed by atoms with Crippen LogP contribution in [0.15, 0.2) is 59.5 Å². The van der Waals surface area contributed by atoms with Crippen molar-refractivity contribution in [1.82, 2.24) is 4.72 Å². The second-order valence-electron chi connectivity index (χ2n) is 7.24. The first-order valence-corrected chi connectivity index (χ1v) is 10.9. The fraction of sp³-hybridized carbons (Fsp3) is 0.227. The van der Waals surface area contributed by atoms with Gasteiger partial charge in [0.2, 0.25) is 5.91 Å². The average Bonchev–Trinajstić information content (AvgIpc) is 3.17. The molecule has 0 unspecified atom stereocenters. The van der Waals surface area contributed by atoms with Crippen LogP contribution in [-0.4, -0.2) is 21.4 Å². The van der Waals surface area contributed by atoms with E-state index in [0.717, 1.165) is 12.1 Å². The van der Waals surface area contributed by atoms with Gasteiger partial charge in [-0.3, -0.25) is 4.79 Å². The molecule has 1 aliphatic rings. The van der Waals surface area contributed by atoms with E-state index in [1.54, 1.807) is 36.4 Å². The summed E-state index contributed by atoms with van der Waals surface area (Å²) in [5.74, 6) is -1.83. The number of ether oxygens (including phenoxy) is 1. The Balaban J connectivity index is 1.71. The van der Waals surface area contributed by atoms with Crippen molar-refractivity contribution in [1.29, 1.82) is 0 Å². The molecule has 1 atom stereocenters. The van der Waals surface area contributed by atoms with Crippen molar-refractivity contribution < 1.29 is 31.1 Å². The van der Waals surface area contributed by atoms with E-state index in [1.165, 1.54) is 13.2 Å². The smallest absolute Gasteiger partial charge is 0.416 e. The van der Waals surface area contributed by atoms with Crippen molar-refractivity contribution >= 4 is 26.7 Å². The van der Waals surface area contributed by atoms with Crippen LogP contribution in [0.25, 0.3) is 10.8 Å². The maximum Gasteiger partial charge on any atom is 0.416 e. The van der Waals surface area contributed by atoms with Gasteiger partial charge in [-0.15, -0.1) is 0 Å². The molecule has 3 aromatic rings. The molecule has 1 aliphatic carbocycles. The summed E-state index contributed by atoms with van der Waals surface area (Å²) in [4.78, 5) is 12.9. The molecule has 9 heteroatoms. The van der Waals surface area contributed by atoms with Gasteiger partial charge < -0.3 is 4.74 Å². The van der Waals surface area contributed by atoms with Gasteiger partial charge in [-0.1, -0.05) is 36.4 Å². The van der Waals surface area contributed by atoms with E-state index in [-0.39, 0.29) is 34.6 Å². The third kappa shape index (κ3) is 3.74. The summed E-state index contributed by atoms with van der Waals surface area (Å²) in [7, 11) is -2.95. The van der Waals surface area contributed by atoms with Crippen molar-refractivity contribution in [3.05, 3.63) is 71.3 Å². The average molecular weight is 449 g/mol. The molecule has 0 heterocycles. The van der Waals surface area contributed by atoms with E-state index >= 15 is 0 Å². The Morgan fingerprint density at radius 2 is 1.77 bits per heavy atom. The molecule has 4 rings (SSSR count). The van der Waals surface area contributed by atoms with Gasteiger partial charge in [0.05, 0.1) is 23.5 Å². The molecule has 0 aliphatic heterocycles. The van der Waals surface area contributed by atoms with E-state index < -0.39 is 33.6 Å². The molecule has 31 heavy (non-hydrogen) atoms. The van der Waals surface area contributed by atoms with Crippen LogP contribution < -0.4 is 9.46 Å². The van der Waals surface area contributed by atoms with Gasteiger partial charge in [-0.05, 0) is 42.0 Å². The van der Waals surface area contributed by atoms with E-state index in [0.29, 0.717) is 10.8 Å². The van der Waals surface area contributed by atoms with Gasteiger partial charge in [-0.2, -0.15) is 13.2 Å². The molecule has 0 fully saturated rings. The highest BCUT2D eigenvalue weighted by molar-refractivity contribution is 7.90. The molecule has 0 saturated carbocycles. The second kappa shape index (κ2) is 7.56. The van der Waals surface area contributed by atoms with Crippen LogP contribution in [-0.2, 0) is 27.4 Å². The molecule has 0 aromatic heterocycles. The minimum Gasteiger partial charge on any atom is -0.496 e. The van der Waals surface area contributed by atoms with E-state index in [1.807, 2.05) is 0 Å². The van der Waals surface area contributed by atoms with E-state index in [2.05, 4.69) is 4.72 Å². The summed E-state index contributed by atoms with van der Waals surface area (Å²) >= 11 is 0. The minimum absolute atomic E-state index is 0.00617. The quantitative estimate of drug-likeness (QED) is 0.641. The van der Waals surface area contributed by atoms with Gasteiger partial charge in [-0.25, -0.2) is 13.1 Å². The van der Waals surface area contributed by atoms with Crippen LogP contribution in [0.2, 0.25) is 0 Å². The first-order chi connectivity index (χ1) is 14.6. The van der Waals surface area contributed by atoms with Crippen molar-refractivity contribution in [2.45, 2.75) is 29.8 Å². The first kappa shape index (κ1) is 21.2. The molecule has 0 spiro atoms. The summed E-state index contributed by atoms with van der Waals surface area (Å²) in [5.41, 5.74) is -0.784. The van der Waals surface area contributed by atoms with Crippen LogP contribution in [0.4, 0.5) is 13.2 Å². The summed E-state index contributed by atoms with van der Waals surface area (Å²) in [5, 5.41) is 1.12. The van der Waals surface area contributed by atoms with Crippen molar-refractivity contribution in [2.75, 3.05) is 7.11 Å². The number of carbonyl (C=O) groups is 1. The topological polar surface area (TPSA) is 72.5 Å². The van der Waals surface area contributed by atoms with Crippen LogP contribution in [0.3, 0.4) is 0 Å². The Kier molecular flexibility index (Phi) is 5.17. The fourth-order valence-corrected chi connectivity index (χ4v) is 5.37. The lowest BCUT2D eigenvalue weighted by Crippen LogP contribution is -2.34. The standard InChI is InChI=1S/C22H18F3NO4S/c1-30-18-12-11-17(22(23,24)25)15-9-10-16(20(15)18)21(27)26-31(28,29)19-8-4-6-13-5-2-3-7-14(13)19/h2-8,11-12,16H,9-10H2,1H3,(H,26,27)/t16-/m0/s1. The largest absolute Gasteiger partial charge is 0.496 e. The Labute approximate surface area is 176 Å². The number of carbonyl (C=O) groups excluding carboxylic acids is 1. The number of hydrogen-bond acceptors (Lipinski definition) is 4. The Morgan fingerprint density at radius 1 is 1.06 bits per heavy atom. The van der Waals surface area contributed by atoms with Crippen LogP contribution in [0.1, 0.15) is 29.0 Å². The van der Waals surface area contributed by atoms with Gasteiger partial charge in [0.15, 0.2) is 0 Å². The zero-order chi connectivity index (χ0) is 22.4. The maximum absolute atomic E-state index is 13.4. The summed E-state index contributed by atoms with van der Waals surface area (Å²) in [6, 6.07) is 13.6.